The molecule has 0 bridgehead atoms. The first-order valence-corrected chi connectivity index (χ1v) is 7.23. The minimum atomic E-state index is -3.22. The number of hydrogen-bond acceptors (Lipinski definition) is 6. The number of hydrogen-bond donors (Lipinski definition) is 2. The van der Waals surface area contributed by atoms with Gasteiger partial charge in [-0.05, 0) is 20.9 Å². The molecule has 0 aliphatic carbocycles. The third-order valence-corrected chi connectivity index (χ3v) is 3.31. The second kappa shape index (κ2) is 6.50. The number of ether oxygens (including phenoxy) is 1. The average Bonchev–Trinajstić information content (AvgIpc) is 2.28. The summed E-state index contributed by atoms with van der Waals surface area (Å²) in [5.74, 6) is 0.765. The lowest BCUT2D eigenvalue weighted by atomic mass is 10.5. The van der Waals surface area contributed by atoms with Crippen molar-refractivity contribution < 1.29 is 13.2 Å². The summed E-state index contributed by atoms with van der Waals surface area (Å²) >= 11 is 0. The van der Waals surface area contributed by atoms with Gasteiger partial charge in [0.25, 0.3) is 0 Å². The summed E-state index contributed by atoms with van der Waals surface area (Å²) in [4.78, 5) is 8.07. The highest BCUT2D eigenvalue weighted by atomic mass is 32.2. The molecule has 1 aromatic heterocycles. The van der Waals surface area contributed by atoms with E-state index in [1.54, 1.807) is 12.3 Å². The number of nitrogens with one attached hydrogen (secondary N) is 2. The highest BCUT2D eigenvalue weighted by Gasteiger charge is 2.07. The fraction of sp³-hybridized carbons (Fsp3) is 0.600. The molecule has 1 aromatic rings. The van der Waals surface area contributed by atoms with E-state index in [0.717, 1.165) is 0 Å². The fourth-order valence-corrected chi connectivity index (χ4v) is 1.71. The normalized spacial score (nSPS) is 11.6. The van der Waals surface area contributed by atoms with Gasteiger partial charge in [-0.3, -0.25) is 0 Å². The van der Waals surface area contributed by atoms with Crippen molar-refractivity contribution in [3.63, 3.8) is 0 Å². The average molecular weight is 274 g/mol. The van der Waals surface area contributed by atoms with Crippen molar-refractivity contribution in [2.75, 3.05) is 24.7 Å². The van der Waals surface area contributed by atoms with Gasteiger partial charge in [-0.15, -0.1) is 0 Å². The van der Waals surface area contributed by atoms with Crippen LogP contribution in [-0.2, 0) is 10.0 Å². The Balaban J connectivity index is 2.52. The zero-order valence-corrected chi connectivity index (χ0v) is 11.5. The summed E-state index contributed by atoms with van der Waals surface area (Å²) < 4.78 is 30.0. The van der Waals surface area contributed by atoms with Gasteiger partial charge >= 0.3 is 0 Å². The Morgan fingerprint density at radius 2 is 2.17 bits per heavy atom. The van der Waals surface area contributed by atoms with Crippen molar-refractivity contribution in [3.8, 4) is 5.88 Å². The van der Waals surface area contributed by atoms with Gasteiger partial charge in [0.15, 0.2) is 0 Å². The minimum Gasteiger partial charge on any atom is -0.475 e. The van der Waals surface area contributed by atoms with Gasteiger partial charge in [0, 0.05) is 18.8 Å². The van der Waals surface area contributed by atoms with E-state index in [4.69, 9.17) is 4.74 Å². The van der Waals surface area contributed by atoms with E-state index < -0.39 is 10.0 Å². The highest BCUT2D eigenvalue weighted by Crippen LogP contribution is 2.09. The Labute approximate surface area is 107 Å². The molecule has 0 spiro atoms. The highest BCUT2D eigenvalue weighted by molar-refractivity contribution is 7.89. The van der Waals surface area contributed by atoms with E-state index in [1.165, 1.54) is 7.05 Å². The number of rotatable bonds is 7. The third-order valence-electron chi connectivity index (χ3n) is 1.95. The molecule has 0 amide bonds. The van der Waals surface area contributed by atoms with Crippen molar-refractivity contribution >= 4 is 16.0 Å². The standard InChI is InChI=1S/C10H18N4O3S/c1-8(2)17-9-4-5-12-10(14-9)13-6-7-18(15,16)11-3/h4-5,8,11H,6-7H2,1-3H3,(H,12,13,14). The first kappa shape index (κ1) is 14.7. The Kier molecular flexibility index (Phi) is 5.29. The SMILES string of the molecule is CNS(=O)(=O)CCNc1nccc(OC(C)C)n1. The van der Waals surface area contributed by atoms with Crippen LogP contribution in [0.4, 0.5) is 5.95 Å². The molecule has 0 saturated heterocycles. The number of aromatic nitrogens is 2. The molecule has 1 rings (SSSR count). The molecule has 0 saturated carbocycles. The van der Waals surface area contributed by atoms with Crippen molar-refractivity contribution in [3.05, 3.63) is 12.3 Å². The van der Waals surface area contributed by atoms with Crippen LogP contribution in [0.15, 0.2) is 12.3 Å². The fourth-order valence-electron chi connectivity index (χ4n) is 1.13. The molecule has 0 radical (unpaired) electrons. The topological polar surface area (TPSA) is 93.2 Å². The molecular weight excluding hydrogens is 256 g/mol. The first-order chi connectivity index (χ1) is 8.43. The third kappa shape index (κ3) is 5.28. The molecule has 0 fully saturated rings. The van der Waals surface area contributed by atoms with Gasteiger partial charge in [0.2, 0.25) is 21.9 Å². The Bertz CT molecular complexity index is 476. The second-order valence-corrected chi connectivity index (χ2v) is 5.88. The predicted molar refractivity (Wildman–Crippen MR) is 69.1 cm³/mol. The van der Waals surface area contributed by atoms with Crippen LogP contribution >= 0.6 is 0 Å². The molecule has 0 unspecified atom stereocenters. The molecular formula is C10H18N4O3S. The maximum absolute atomic E-state index is 11.2. The molecule has 0 aliphatic heterocycles. The van der Waals surface area contributed by atoms with Crippen molar-refractivity contribution in [1.29, 1.82) is 0 Å². The Morgan fingerprint density at radius 1 is 1.44 bits per heavy atom. The number of sulfonamides is 1. The lowest BCUT2D eigenvalue weighted by Gasteiger charge is -2.10. The van der Waals surface area contributed by atoms with Crippen LogP contribution < -0.4 is 14.8 Å². The van der Waals surface area contributed by atoms with Gasteiger partial charge in [-0.25, -0.2) is 18.1 Å². The lowest BCUT2D eigenvalue weighted by Crippen LogP contribution is -2.26. The summed E-state index contributed by atoms with van der Waals surface area (Å²) in [6.07, 6.45) is 1.58. The number of nitrogens with zero attached hydrogens (tertiary/aromatic N) is 2. The van der Waals surface area contributed by atoms with E-state index in [1.807, 2.05) is 13.8 Å². The molecule has 1 heterocycles. The van der Waals surface area contributed by atoms with Crippen molar-refractivity contribution in [2.45, 2.75) is 20.0 Å². The van der Waals surface area contributed by atoms with Gasteiger partial charge in [0.05, 0.1) is 11.9 Å². The molecule has 102 valence electrons. The van der Waals surface area contributed by atoms with E-state index in [0.29, 0.717) is 11.8 Å². The number of anilines is 1. The molecule has 18 heavy (non-hydrogen) atoms. The smallest absolute Gasteiger partial charge is 0.225 e. The summed E-state index contributed by atoms with van der Waals surface area (Å²) in [7, 11) is -1.84. The zero-order chi connectivity index (χ0) is 13.6. The van der Waals surface area contributed by atoms with Crippen molar-refractivity contribution in [2.24, 2.45) is 0 Å². The Morgan fingerprint density at radius 3 is 2.78 bits per heavy atom. The van der Waals surface area contributed by atoms with Gasteiger partial charge in [0.1, 0.15) is 0 Å². The van der Waals surface area contributed by atoms with Crippen molar-refractivity contribution in [1.82, 2.24) is 14.7 Å². The van der Waals surface area contributed by atoms with E-state index in [9.17, 15) is 8.42 Å². The summed E-state index contributed by atoms with van der Waals surface area (Å²) in [6, 6.07) is 1.65. The summed E-state index contributed by atoms with van der Waals surface area (Å²) in [6.45, 7) is 4.03. The van der Waals surface area contributed by atoms with Crippen LogP contribution in [0.5, 0.6) is 5.88 Å². The van der Waals surface area contributed by atoms with Crippen LogP contribution in [0.25, 0.3) is 0 Å². The van der Waals surface area contributed by atoms with Crippen LogP contribution in [0.2, 0.25) is 0 Å². The van der Waals surface area contributed by atoms with Crippen LogP contribution in [-0.4, -0.2) is 43.8 Å². The molecule has 7 nitrogen and oxygen atoms in total. The van der Waals surface area contributed by atoms with Crippen LogP contribution in [0.3, 0.4) is 0 Å². The van der Waals surface area contributed by atoms with Gasteiger partial charge in [-0.2, -0.15) is 4.98 Å². The monoisotopic (exact) mass is 274 g/mol. The maximum Gasteiger partial charge on any atom is 0.225 e. The summed E-state index contributed by atoms with van der Waals surface area (Å²) in [5, 5.41) is 2.83. The largest absolute Gasteiger partial charge is 0.475 e. The van der Waals surface area contributed by atoms with E-state index >= 15 is 0 Å². The van der Waals surface area contributed by atoms with Crippen LogP contribution in [0, 0.1) is 0 Å². The molecule has 0 aliphatic rings. The molecule has 8 heteroatoms. The van der Waals surface area contributed by atoms with Crippen LogP contribution in [0.1, 0.15) is 13.8 Å². The summed E-state index contributed by atoms with van der Waals surface area (Å²) in [5.41, 5.74) is 0. The molecule has 0 atom stereocenters. The minimum absolute atomic E-state index is 0.0254. The van der Waals surface area contributed by atoms with E-state index in [2.05, 4.69) is 20.0 Å². The predicted octanol–water partition coefficient (Wildman–Crippen LogP) is 0.225. The quantitative estimate of drug-likeness (QED) is 0.739. The Hall–Kier alpha value is -1.41. The molecule has 2 N–H and O–H groups in total. The molecule has 0 aromatic carbocycles. The van der Waals surface area contributed by atoms with E-state index in [-0.39, 0.29) is 18.4 Å². The zero-order valence-electron chi connectivity index (χ0n) is 10.7. The lowest BCUT2D eigenvalue weighted by molar-refractivity contribution is 0.232. The second-order valence-electron chi connectivity index (χ2n) is 3.83. The van der Waals surface area contributed by atoms with Gasteiger partial charge < -0.3 is 10.1 Å². The van der Waals surface area contributed by atoms with Gasteiger partial charge in [-0.1, -0.05) is 0 Å². The maximum atomic E-state index is 11.2. The first-order valence-electron chi connectivity index (χ1n) is 5.58.